The van der Waals surface area contributed by atoms with Gasteiger partial charge in [-0.2, -0.15) is 4.98 Å². The Morgan fingerprint density at radius 3 is 2.68 bits per heavy atom. The van der Waals surface area contributed by atoms with Gasteiger partial charge in [-0.1, -0.05) is 52.8 Å². The first-order chi connectivity index (χ1) is 15.2. The maximum Gasteiger partial charge on any atom is 0.283 e. The van der Waals surface area contributed by atoms with Gasteiger partial charge in [0.05, 0.1) is 19.2 Å². The van der Waals surface area contributed by atoms with Crippen LogP contribution in [0.1, 0.15) is 11.5 Å². The first-order valence-corrected chi connectivity index (χ1v) is 9.51. The van der Waals surface area contributed by atoms with Gasteiger partial charge in [0, 0.05) is 0 Å². The molecule has 5 rings (SSSR count). The minimum atomic E-state index is -0.332. The van der Waals surface area contributed by atoms with Crippen LogP contribution in [0, 0.1) is 0 Å². The van der Waals surface area contributed by atoms with Gasteiger partial charge in [-0.3, -0.25) is 9.36 Å². The Hall–Kier alpha value is -4.34. The number of methoxy groups -OCH3 is 1. The predicted molar refractivity (Wildman–Crippen MR) is 111 cm³/mol. The van der Waals surface area contributed by atoms with Crippen LogP contribution in [0.15, 0.2) is 70.2 Å². The molecule has 0 amide bonds. The van der Waals surface area contributed by atoms with E-state index in [4.69, 9.17) is 9.26 Å². The van der Waals surface area contributed by atoms with Crippen LogP contribution in [0.2, 0.25) is 0 Å². The molecular formula is C21H17N7O3. The second kappa shape index (κ2) is 7.82. The summed E-state index contributed by atoms with van der Waals surface area (Å²) in [4.78, 5) is 21.6. The molecule has 0 unspecified atom stereocenters. The fourth-order valence-corrected chi connectivity index (χ4v) is 3.27. The van der Waals surface area contributed by atoms with Crippen molar-refractivity contribution in [2.24, 2.45) is 0 Å². The molecule has 154 valence electrons. The van der Waals surface area contributed by atoms with E-state index in [1.165, 1.54) is 10.9 Å². The van der Waals surface area contributed by atoms with Crippen LogP contribution in [0.3, 0.4) is 0 Å². The molecule has 0 bridgehead atoms. The number of nitrogens with zero attached hydrogens (tertiary/aromatic N) is 7. The molecule has 0 saturated heterocycles. The average Bonchev–Trinajstić information content (AvgIpc) is 3.44. The molecule has 5 aromatic rings. The van der Waals surface area contributed by atoms with Crippen molar-refractivity contribution in [3.63, 3.8) is 0 Å². The summed E-state index contributed by atoms with van der Waals surface area (Å²) in [7, 11) is 1.57. The van der Waals surface area contributed by atoms with E-state index in [0.29, 0.717) is 29.3 Å². The maximum atomic E-state index is 12.9. The number of para-hydroxylation sites is 1. The van der Waals surface area contributed by atoms with Crippen molar-refractivity contribution < 1.29 is 9.26 Å². The first-order valence-electron chi connectivity index (χ1n) is 9.51. The quantitative estimate of drug-likeness (QED) is 0.414. The highest BCUT2D eigenvalue weighted by Gasteiger charge is 2.16. The summed E-state index contributed by atoms with van der Waals surface area (Å²) >= 11 is 0. The third kappa shape index (κ3) is 3.54. The largest absolute Gasteiger partial charge is 0.496 e. The molecule has 0 atom stereocenters. The fraction of sp³-hybridized carbons (Fsp3) is 0.143. The topological polar surface area (TPSA) is 114 Å². The van der Waals surface area contributed by atoms with E-state index in [1.807, 2.05) is 54.6 Å². The van der Waals surface area contributed by atoms with Gasteiger partial charge < -0.3 is 9.26 Å². The van der Waals surface area contributed by atoms with Crippen LogP contribution in [0.4, 0.5) is 0 Å². The van der Waals surface area contributed by atoms with Crippen molar-refractivity contribution in [3.05, 3.63) is 82.7 Å². The zero-order chi connectivity index (χ0) is 21.2. The summed E-state index contributed by atoms with van der Waals surface area (Å²) in [6.45, 7) is 0.537. The molecule has 10 heteroatoms. The molecular weight excluding hydrogens is 398 g/mol. The van der Waals surface area contributed by atoms with Gasteiger partial charge in [0.15, 0.2) is 11.2 Å². The Morgan fingerprint density at radius 1 is 1.03 bits per heavy atom. The van der Waals surface area contributed by atoms with Crippen molar-refractivity contribution in [2.45, 2.75) is 13.1 Å². The SMILES string of the molecule is COc1ccccc1-c1noc(Cn2cnc3c(nnn3Cc3ccccc3)c2=O)n1. The first kappa shape index (κ1) is 18.7. The summed E-state index contributed by atoms with van der Waals surface area (Å²) in [5.74, 6) is 1.27. The number of ether oxygens (including phenoxy) is 1. The summed E-state index contributed by atoms with van der Waals surface area (Å²) in [5, 5.41) is 12.1. The Bertz CT molecular complexity index is 1410. The van der Waals surface area contributed by atoms with Gasteiger partial charge >= 0.3 is 0 Å². The highest BCUT2D eigenvalue weighted by Crippen LogP contribution is 2.27. The van der Waals surface area contributed by atoms with Gasteiger partial charge in [-0.05, 0) is 17.7 Å². The van der Waals surface area contributed by atoms with Crippen molar-refractivity contribution in [2.75, 3.05) is 7.11 Å². The highest BCUT2D eigenvalue weighted by molar-refractivity contribution is 5.68. The van der Waals surface area contributed by atoms with Crippen LogP contribution in [-0.2, 0) is 13.1 Å². The summed E-state index contributed by atoms with van der Waals surface area (Å²) in [5.41, 5.74) is 2.01. The van der Waals surface area contributed by atoms with Gasteiger partial charge in [0.2, 0.25) is 11.7 Å². The zero-order valence-corrected chi connectivity index (χ0v) is 16.5. The number of fused-ring (bicyclic) bond motifs is 1. The van der Waals surface area contributed by atoms with Crippen molar-refractivity contribution in [1.82, 2.24) is 34.7 Å². The Balaban J connectivity index is 1.42. The number of hydrogen-bond acceptors (Lipinski definition) is 8. The van der Waals surface area contributed by atoms with Gasteiger partial charge in [-0.25, -0.2) is 9.67 Å². The zero-order valence-electron chi connectivity index (χ0n) is 16.5. The standard InChI is InChI=1S/C21H17N7O3/c1-30-16-10-6-5-9-15(16)19-23-17(31-25-19)12-27-13-22-20-18(21(27)29)24-26-28(20)11-14-7-3-2-4-8-14/h2-10,13H,11-12H2,1H3. The highest BCUT2D eigenvalue weighted by atomic mass is 16.5. The van der Waals surface area contributed by atoms with Crippen molar-refractivity contribution in [1.29, 1.82) is 0 Å². The summed E-state index contributed by atoms with van der Waals surface area (Å²) < 4.78 is 13.6. The number of aromatic nitrogens is 7. The van der Waals surface area contributed by atoms with E-state index in [2.05, 4.69) is 25.4 Å². The third-order valence-corrected chi connectivity index (χ3v) is 4.79. The molecule has 0 aliphatic carbocycles. The molecule has 0 saturated carbocycles. The monoisotopic (exact) mass is 415 g/mol. The fourth-order valence-electron chi connectivity index (χ4n) is 3.27. The van der Waals surface area contributed by atoms with E-state index >= 15 is 0 Å². The lowest BCUT2D eigenvalue weighted by Crippen LogP contribution is -2.21. The second-order valence-electron chi connectivity index (χ2n) is 6.79. The third-order valence-electron chi connectivity index (χ3n) is 4.79. The summed E-state index contributed by atoms with van der Waals surface area (Å²) in [6, 6.07) is 17.1. The van der Waals surface area contributed by atoms with E-state index in [9.17, 15) is 4.79 Å². The smallest absolute Gasteiger partial charge is 0.283 e. The van der Waals surface area contributed by atoms with Crippen LogP contribution in [-0.4, -0.2) is 41.8 Å². The molecule has 0 aliphatic rings. The van der Waals surface area contributed by atoms with Gasteiger partial charge in [0.1, 0.15) is 18.6 Å². The van der Waals surface area contributed by atoms with Crippen molar-refractivity contribution in [3.8, 4) is 17.1 Å². The Morgan fingerprint density at radius 2 is 1.84 bits per heavy atom. The number of hydrogen-bond donors (Lipinski definition) is 0. The minimum absolute atomic E-state index is 0.0649. The molecule has 0 fully saturated rings. The molecule has 10 nitrogen and oxygen atoms in total. The molecule has 3 aromatic heterocycles. The second-order valence-corrected chi connectivity index (χ2v) is 6.79. The Kier molecular flexibility index (Phi) is 4.71. The van der Waals surface area contributed by atoms with E-state index < -0.39 is 0 Å². The van der Waals surface area contributed by atoms with Crippen molar-refractivity contribution >= 4 is 11.2 Å². The number of benzene rings is 2. The number of rotatable bonds is 6. The minimum Gasteiger partial charge on any atom is -0.496 e. The molecule has 3 heterocycles. The van der Waals surface area contributed by atoms with Crippen LogP contribution in [0.5, 0.6) is 5.75 Å². The molecule has 2 aromatic carbocycles. The molecule has 0 N–H and O–H groups in total. The van der Waals surface area contributed by atoms with Gasteiger partial charge in [0.25, 0.3) is 5.56 Å². The lowest BCUT2D eigenvalue weighted by atomic mass is 10.2. The van der Waals surface area contributed by atoms with Gasteiger partial charge in [-0.15, -0.1) is 5.10 Å². The molecule has 0 spiro atoms. The Labute approximate surface area is 175 Å². The summed E-state index contributed by atoms with van der Waals surface area (Å²) in [6.07, 6.45) is 1.43. The molecule has 0 radical (unpaired) electrons. The van der Waals surface area contributed by atoms with E-state index in [-0.39, 0.29) is 23.5 Å². The molecule has 31 heavy (non-hydrogen) atoms. The van der Waals surface area contributed by atoms with Crippen LogP contribution in [0.25, 0.3) is 22.6 Å². The van der Waals surface area contributed by atoms with Crippen LogP contribution < -0.4 is 10.3 Å². The lowest BCUT2D eigenvalue weighted by molar-refractivity contribution is 0.369. The van der Waals surface area contributed by atoms with Crippen LogP contribution >= 0.6 is 0 Å². The normalized spacial score (nSPS) is 11.1. The average molecular weight is 415 g/mol. The van der Waals surface area contributed by atoms with E-state index in [1.54, 1.807) is 11.8 Å². The maximum absolute atomic E-state index is 12.9. The predicted octanol–water partition coefficient (Wildman–Crippen LogP) is 2.14. The lowest BCUT2D eigenvalue weighted by Gasteiger charge is -2.04. The molecule has 0 aliphatic heterocycles. The van der Waals surface area contributed by atoms with E-state index in [0.717, 1.165) is 5.56 Å².